The van der Waals surface area contributed by atoms with Gasteiger partial charge < -0.3 is 14.4 Å². The molecule has 0 unspecified atom stereocenters. The Bertz CT molecular complexity index is 533. The molecule has 17 heavy (non-hydrogen) atoms. The first-order chi connectivity index (χ1) is 8.20. The second-order valence-electron chi connectivity index (χ2n) is 3.51. The second-order valence-corrected chi connectivity index (χ2v) is 3.51. The van der Waals surface area contributed by atoms with Gasteiger partial charge in [0.1, 0.15) is 5.69 Å². The molecular weight excluding hydrogens is 222 g/mol. The summed E-state index contributed by atoms with van der Waals surface area (Å²) in [5, 5.41) is 12.4. The highest BCUT2D eigenvalue weighted by molar-refractivity contribution is 5.85. The molecule has 2 aromatic rings. The molecule has 0 spiro atoms. The number of aromatic nitrogens is 1. The monoisotopic (exact) mass is 233 g/mol. The van der Waals surface area contributed by atoms with E-state index >= 15 is 0 Å². The lowest BCUT2D eigenvalue weighted by Gasteiger charge is -2.01. The highest BCUT2D eigenvalue weighted by Gasteiger charge is 2.12. The van der Waals surface area contributed by atoms with E-state index in [0.29, 0.717) is 12.3 Å². The van der Waals surface area contributed by atoms with Crippen molar-refractivity contribution in [2.24, 2.45) is 0 Å². The summed E-state index contributed by atoms with van der Waals surface area (Å²) >= 11 is 0. The molecule has 0 aliphatic heterocycles. The van der Waals surface area contributed by atoms with Gasteiger partial charge in [0.25, 0.3) is 0 Å². The zero-order valence-corrected chi connectivity index (χ0v) is 9.21. The van der Waals surface area contributed by atoms with Crippen LogP contribution >= 0.6 is 0 Å². The highest BCUT2D eigenvalue weighted by atomic mass is 16.5. The van der Waals surface area contributed by atoms with Crippen LogP contribution in [0.15, 0.2) is 34.9 Å². The number of hydrogen-bond donors (Lipinski definition) is 1. The summed E-state index contributed by atoms with van der Waals surface area (Å²) in [7, 11) is 1.62. The molecule has 0 amide bonds. The summed E-state index contributed by atoms with van der Waals surface area (Å²) in [5.41, 5.74) is 2.29. The van der Waals surface area contributed by atoms with E-state index in [1.165, 1.54) is 6.07 Å². The molecule has 0 saturated carbocycles. The maximum absolute atomic E-state index is 10.7. The molecule has 1 aromatic carbocycles. The third-order valence-electron chi connectivity index (χ3n) is 2.25. The molecule has 0 aliphatic rings. The fourth-order valence-electron chi connectivity index (χ4n) is 1.50. The van der Waals surface area contributed by atoms with Crippen molar-refractivity contribution in [1.82, 2.24) is 5.16 Å². The predicted molar refractivity (Wildman–Crippen MR) is 59.6 cm³/mol. The average Bonchev–Trinajstić information content (AvgIpc) is 2.79. The van der Waals surface area contributed by atoms with Crippen LogP contribution in [-0.4, -0.2) is 23.3 Å². The van der Waals surface area contributed by atoms with Crippen molar-refractivity contribution < 1.29 is 19.2 Å². The maximum atomic E-state index is 10.7. The molecule has 2 rings (SSSR count). The molecule has 1 heterocycles. The van der Waals surface area contributed by atoms with E-state index in [1.807, 2.05) is 24.3 Å². The van der Waals surface area contributed by atoms with E-state index in [9.17, 15) is 4.79 Å². The van der Waals surface area contributed by atoms with Gasteiger partial charge in [-0.15, -0.1) is 0 Å². The summed E-state index contributed by atoms with van der Waals surface area (Å²) in [6.45, 7) is 0.497. The van der Waals surface area contributed by atoms with Crippen molar-refractivity contribution in [3.05, 3.63) is 41.7 Å². The van der Waals surface area contributed by atoms with Gasteiger partial charge in [-0.05, 0) is 11.6 Å². The second kappa shape index (κ2) is 4.80. The Labute approximate surface area is 97.6 Å². The van der Waals surface area contributed by atoms with Gasteiger partial charge in [0.2, 0.25) is 5.76 Å². The van der Waals surface area contributed by atoms with Crippen LogP contribution in [0.3, 0.4) is 0 Å². The number of carboxylic acids is 1. The van der Waals surface area contributed by atoms with Crippen LogP contribution in [0.4, 0.5) is 0 Å². The van der Waals surface area contributed by atoms with Crippen LogP contribution < -0.4 is 0 Å². The Hall–Kier alpha value is -2.14. The number of hydrogen-bond acceptors (Lipinski definition) is 4. The Kier molecular flexibility index (Phi) is 3.20. The van der Waals surface area contributed by atoms with Gasteiger partial charge in [-0.3, -0.25) is 0 Å². The number of aromatic carboxylic acids is 1. The molecular formula is C12H11NO4. The summed E-state index contributed by atoms with van der Waals surface area (Å²) in [4.78, 5) is 10.7. The molecule has 0 radical (unpaired) electrons. The van der Waals surface area contributed by atoms with Crippen LogP contribution in [-0.2, 0) is 11.3 Å². The zero-order valence-electron chi connectivity index (χ0n) is 9.21. The summed E-state index contributed by atoms with van der Waals surface area (Å²) in [6.07, 6.45) is 0. The number of benzene rings is 1. The standard InChI is InChI=1S/C12H11NO4/c1-16-7-8-3-2-4-9(5-8)10-6-11(12(14)15)17-13-10/h2-6H,7H2,1H3,(H,14,15). The lowest BCUT2D eigenvalue weighted by Crippen LogP contribution is -1.91. The minimum absolute atomic E-state index is 0.169. The quantitative estimate of drug-likeness (QED) is 0.876. The van der Waals surface area contributed by atoms with Crippen LogP contribution in [0.25, 0.3) is 11.3 Å². The van der Waals surface area contributed by atoms with E-state index in [4.69, 9.17) is 14.4 Å². The molecule has 0 atom stereocenters. The van der Waals surface area contributed by atoms with Crippen molar-refractivity contribution in [1.29, 1.82) is 0 Å². The Morgan fingerprint density at radius 1 is 1.47 bits per heavy atom. The predicted octanol–water partition coefficient (Wildman–Crippen LogP) is 2.19. The molecule has 88 valence electrons. The number of ether oxygens (including phenoxy) is 1. The lowest BCUT2D eigenvalue weighted by atomic mass is 10.1. The maximum Gasteiger partial charge on any atom is 0.374 e. The summed E-state index contributed by atoms with van der Waals surface area (Å²) in [5.74, 6) is -1.30. The van der Waals surface area contributed by atoms with Crippen LogP contribution in [0.1, 0.15) is 16.1 Å². The lowest BCUT2D eigenvalue weighted by molar-refractivity contribution is 0.0652. The highest BCUT2D eigenvalue weighted by Crippen LogP contribution is 2.20. The van der Waals surface area contributed by atoms with E-state index in [0.717, 1.165) is 11.1 Å². The fraction of sp³-hybridized carbons (Fsp3) is 0.167. The first-order valence-corrected chi connectivity index (χ1v) is 4.99. The largest absolute Gasteiger partial charge is 0.475 e. The third-order valence-corrected chi connectivity index (χ3v) is 2.25. The van der Waals surface area contributed by atoms with Gasteiger partial charge in [0, 0.05) is 18.7 Å². The summed E-state index contributed by atoms with van der Waals surface area (Å²) in [6, 6.07) is 8.90. The van der Waals surface area contributed by atoms with Gasteiger partial charge >= 0.3 is 5.97 Å². The van der Waals surface area contributed by atoms with Crippen molar-refractivity contribution in [3.63, 3.8) is 0 Å². The van der Waals surface area contributed by atoms with E-state index < -0.39 is 5.97 Å². The van der Waals surface area contributed by atoms with E-state index in [-0.39, 0.29) is 5.76 Å². The SMILES string of the molecule is COCc1cccc(-c2cc(C(=O)O)on2)c1. The Morgan fingerprint density at radius 3 is 2.94 bits per heavy atom. The van der Waals surface area contributed by atoms with Gasteiger partial charge in [0.05, 0.1) is 6.61 Å². The molecule has 5 nitrogen and oxygen atoms in total. The minimum atomic E-state index is -1.13. The van der Waals surface area contributed by atoms with Crippen molar-refractivity contribution >= 4 is 5.97 Å². The van der Waals surface area contributed by atoms with Crippen molar-refractivity contribution in [2.75, 3.05) is 7.11 Å². The van der Waals surface area contributed by atoms with Crippen LogP contribution in [0.2, 0.25) is 0 Å². The third kappa shape index (κ3) is 2.51. The van der Waals surface area contributed by atoms with E-state index in [2.05, 4.69) is 5.16 Å². The molecule has 0 fully saturated rings. The number of methoxy groups -OCH3 is 1. The number of carbonyl (C=O) groups is 1. The number of rotatable bonds is 4. The first-order valence-electron chi connectivity index (χ1n) is 4.99. The molecule has 1 N–H and O–H groups in total. The molecule has 1 aromatic heterocycles. The molecule has 5 heteroatoms. The smallest absolute Gasteiger partial charge is 0.374 e. The van der Waals surface area contributed by atoms with Crippen molar-refractivity contribution in [3.8, 4) is 11.3 Å². The van der Waals surface area contributed by atoms with Gasteiger partial charge in [-0.25, -0.2) is 4.79 Å². The van der Waals surface area contributed by atoms with Crippen molar-refractivity contribution in [2.45, 2.75) is 6.61 Å². The van der Waals surface area contributed by atoms with Crippen LogP contribution in [0.5, 0.6) is 0 Å². The zero-order chi connectivity index (χ0) is 12.3. The summed E-state index contributed by atoms with van der Waals surface area (Å²) < 4.78 is 9.72. The first kappa shape index (κ1) is 11.3. The average molecular weight is 233 g/mol. The normalized spacial score (nSPS) is 10.4. The number of nitrogens with zero attached hydrogens (tertiary/aromatic N) is 1. The fourth-order valence-corrected chi connectivity index (χ4v) is 1.50. The molecule has 0 saturated heterocycles. The Balaban J connectivity index is 2.31. The molecule has 0 aliphatic carbocycles. The van der Waals surface area contributed by atoms with Gasteiger partial charge in [-0.1, -0.05) is 23.4 Å². The Morgan fingerprint density at radius 2 is 2.29 bits per heavy atom. The molecule has 0 bridgehead atoms. The van der Waals surface area contributed by atoms with E-state index in [1.54, 1.807) is 7.11 Å². The van der Waals surface area contributed by atoms with Gasteiger partial charge in [-0.2, -0.15) is 0 Å². The topological polar surface area (TPSA) is 72.6 Å². The van der Waals surface area contributed by atoms with Gasteiger partial charge in [0.15, 0.2) is 0 Å². The van der Waals surface area contributed by atoms with Crippen LogP contribution in [0, 0.1) is 0 Å². The minimum Gasteiger partial charge on any atom is -0.475 e. The number of carboxylic acid groups (broad SMARTS) is 1.